The lowest BCUT2D eigenvalue weighted by atomic mass is 10.0. The van der Waals surface area contributed by atoms with Gasteiger partial charge in [-0.3, -0.25) is 0 Å². The molecule has 0 unspecified atom stereocenters. The maximum atomic E-state index is 14.5. The summed E-state index contributed by atoms with van der Waals surface area (Å²) in [4.78, 5) is 11.4. The average Bonchev–Trinajstić information content (AvgIpc) is 2.46. The Morgan fingerprint density at radius 1 is 1.33 bits per heavy atom. The molecule has 0 N–H and O–H groups in total. The van der Waals surface area contributed by atoms with Gasteiger partial charge in [-0.05, 0) is 40.7 Å². The van der Waals surface area contributed by atoms with Crippen LogP contribution < -0.4 is 0 Å². The molecule has 1 rings (SSSR count). The van der Waals surface area contributed by atoms with Crippen LogP contribution in [0.15, 0.2) is 22.6 Å². The second kappa shape index (κ2) is 7.57. The number of esters is 1. The molecule has 0 aliphatic heterocycles. The number of carbonyl (C=O) groups is 1. The molecule has 1 aromatic carbocycles. The van der Waals surface area contributed by atoms with E-state index < -0.39 is 39.4 Å². The summed E-state index contributed by atoms with van der Waals surface area (Å²) in [7, 11) is 0. The Morgan fingerprint density at radius 2 is 1.92 bits per heavy atom. The minimum Gasteiger partial charge on any atom is -0.591 e. The Kier molecular flexibility index (Phi) is 6.46. The highest BCUT2D eigenvalue weighted by Gasteiger charge is 2.45. The topological polar surface area (TPSA) is 61.7 Å². The van der Waals surface area contributed by atoms with Crippen molar-refractivity contribution in [1.29, 1.82) is 0 Å². The molecule has 0 spiro atoms. The van der Waals surface area contributed by atoms with Gasteiger partial charge in [0, 0.05) is 5.56 Å². The number of halogens is 3. The number of carbonyl (C=O) groups excluding carboxylic acids is 1. The Labute approximate surface area is 142 Å². The molecule has 0 amide bonds. The molecule has 0 saturated heterocycles. The predicted molar refractivity (Wildman–Crippen MR) is 87.0 cm³/mol. The number of alkyl halides is 2. The number of benzene rings is 1. The van der Waals surface area contributed by atoms with E-state index in [9.17, 15) is 22.5 Å². The highest BCUT2D eigenvalue weighted by Crippen LogP contribution is 2.33. The SMILES string of the molecule is CCOC(=O)C(F)(F)c1cccc(/C(C)=N\[S@+]([O-])C(C)(C)C)c1F. The van der Waals surface area contributed by atoms with Gasteiger partial charge in [0.05, 0.1) is 17.9 Å². The third kappa shape index (κ3) is 4.51. The summed E-state index contributed by atoms with van der Waals surface area (Å²) in [5.74, 6) is -7.24. The van der Waals surface area contributed by atoms with Crippen LogP contribution in [0.2, 0.25) is 0 Å². The summed E-state index contributed by atoms with van der Waals surface area (Å²) in [6.45, 7) is 7.54. The first-order chi connectivity index (χ1) is 10.9. The molecule has 0 bridgehead atoms. The molecule has 0 heterocycles. The summed E-state index contributed by atoms with van der Waals surface area (Å²) in [5.41, 5.74) is -1.34. The summed E-state index contributed by atoms with van der Waals surface area (Å²) >= 11 is -1.67. The van der Waals surface area contributed by atoms with E-state index in [1.54, 1.807) is 20.8 Å². The van der Waals surface area contributed by atoms with Crippen molar-refractivity contribution in [2.75, 3.05) is 6.61 Å². The lowest BCUT2D eigenvalue weighted by Gasteiger charge is -2.19. The molecular weight excluding hydrogens is 343 g/mol. The van der Waals surface area contributed by atoms with Crippen molar-refractivity contribution in [1.82, 2.24) is 0 Å². The first-order valence-electron chi connectivity index (χ1n) is 7.24. The molecule has 0 radical (unpaired) electrons. The van der Waals surface area contributed by atoms with Gasteiger partial charge >= 0.3 is 11.9 Å². The molecule has 0 aromatic heterocycles. The van der Waals surface area contributed by atoms with E-state index in [1.807, 2.05) is 0 Å². The maximum Gasteiger partial charge on any atom is 0.382 e. The van der Waals surface area contributed by atoms with Crippen molar-refractivity contribution in [2.24, 2.45) is 4.40 Å². The molecule has 8 heteroatoms. The molecular formula is C16H20F3NO3S. The van der Waals surface area contributed by atoms with Crippen LogP contribution in [0.3, 0.4) is 0 Å². The summed E-state index contributed by atoms with van der Waals surface area (Å²) in [5, 5.41) is 0. The zero-order chi connectivity index (χ0) is 18.7. The van der Waals surface area contributed by atoms with Crippen LogP contribution in [0.5, 0.6) is 0 Å². The first kappa shape index (κ1) is 20.5. The molecule has 0 aliphatic rings. The minimum atomic E-state index is -4.13. The van der Waals surface area contributed by atoms with Crippen molar-refractivity contribution >= 4 is 23.0 Å². The van der Waals surface area contributed by atoms with Crippen LogP contribution in [0.25, 0.3) is 0 Å². The van der Waals surface area contributed by atoms with Gasteiger partial charge in [0.1, 0.15) is 21.9 Å². The van der Waals surface area contributed by atoms with Crippen molar-refractivity contribution in [3.63, 3.8) is 0 Å². The van der Waals surface area contributed by atoms with Crippen LogP contribution in [0.1, 0.15) is 45.7 Å². The summed E-state index contributed by atoms with van der Waals surface area (Å²) in [6.07, 6.45) is 0. The molecule has 0 fully saturated rings. The number of ether oxygens (including phenoxy) is 1. The average molecular weight is 363 g/mol. The maximum absolute atomic E-state index is 14.5. The smallest absolute Gasteiger partial charge is 0.382 e. The standard InChI is InChI=1S/C16H20F3NO3S/c1-6-23-14(21)16(18,19)12-9-7-8-11(13(12)17)10(2)20-24(22)15(3,4)5/h7-9H,6H2,1-5H3/b20-10-/t24-/m1/s1. The van der Waals surface area contributed by atoms with Crippen LogP contribution in [-0.4, -0.2) is 27.6 Å². The van der Waals surface area contributed by atoms with Crippen LogP contribution in [0.4, 0.5) is 13.2 Å². The molecule has 0 aliphatic carbocycles. The summed E-state index contributed by atoms with van der Waals surface area (Å²) < 4.78 is 62.2. The molecule has 4 nitrogen and oxygen atoms in total. The normalized spacial score (nSPS) is 14.5. The Balaban J connectivity index is 3.32. The Hall–Kier alpha value is -1.54. The predicted octanol–water partition coefficient (Wildman–Crippen LogP) is 3.75. The van der Waals surface area contributed by atoms with Gasteiger partial charge in [-0.15, -0.1) is 0 Å². The van der Waals surface area contributed by atoms with Crippen molar-refractivity contribution in [3.8, 4) is 0 Å². The Bertz CT molecular complexity index is 642. The van der Waals surface area contributed by atoms with Crippen molar-refractivity contribution in [3.05, 3.63) is 35.1 Å². The quantitative estimate of drug-likeness (QED) is 0.455. The van der Waals surface area contributed by atoms with Crippen LogP contribution >= 0.6 is 0 Å². The molecule has 1 aromatic rings. The van der Waals surface area contributed by atoms with Gasteiger partial charge in [0.25, 0.3) is 0 Å². The van der Waals surface area contributed by atoms with Crippen LogP contribution in [0, 0.1) is 5.82 Å². The van der Waals surface area contributed by atoms with Crippen molar-refractivity contribution < 1.29 is 27.3 Å². The Morgan fingerprint density at radius 3 is 2.42 bits per heavy atom. The fraction of sp³-hybridized carbons (Fsp3) is 0.500. The lowest BCUT2D eigenvalue weighted by molar-refractivity contribution is -0.173. The van der Waals surface area contributed by atoms with E-state index in [-0.39, 0.29) is 17.9 Å². The van der Waals surface area contributed by atoms with E-state index in [2.05, 4.69) is 9.13 Å². The van der Waals surface area contributed by atoms with E-state index >= 15 is 0 Å². The van der Waals surface area contributed by atoms with Gasteiger partial charge in [-0.25, -0.2) is 9.18 Å². The molecule has 24 heavy (non-hydrogen) atoms. The third-order valence-corrected chi connectivity index (χ3v) is 4.49. The highest BCUT2D eigenvalue weighted by atomic mass is 32.2. The minimum absolute atomic E-state index is 0.00210. The number of rotatable bonds is 5. The number of hydrogen-bond acceptors (Lipinski definition) is 4. The van der Waals surface area contributed by atoms with Crippen LogP contribution in [-0.2, 0) is 26.8 Å². The summed E-state index contributed by atoms with van der Waals surface area (Å²) in [6, 6.07) is 3.22. The fourth-order valence-corrected chi connectivity index (χ4v) is 2.32. The monoisotopic (exact) mass is 363 g/mol. The largest absolute Gasteiger partial charge is 0.591 e. The highest BCUT2D eigenvalue weighted by molar-refractivity contribution is 7.91. The van der Waals surface area contributed by atoms with E-state index in [4.69, 9.17) is 0 Å². The van der Waals surface area contributed by atoms with Crippen molar-refractivity contribution in [2.45, 2.75) is 45.3 Å². The first-order valence-corrected chi connectivity index (χ1v) is 8.35. The molecule has 0 saturated carbocycles. The second-order valence-corrected chi connectivity index (χ2v) is 7.91. The molecule has 1 atom stereocenters. The van der Waals surface area contributed by atoms with E-state index in [0.29, 0.717) is 0 Å². The van der Waals surface area contributed by atoms with Gasteiger partial charge in [0.2, 0.25) is 0 Å². The zero-order valence-electron chi connectivity index (χ0n) is 14.2. The van der Waals surface area contributed by atoms with Gasteiger partial charge < -0.3 is 9.29 Å². The molecule has 134 valence electrons. The number of hydrogen-bond donors (Lipinski definition) is 0. The van der Waals surface area contributed by atoms with E-state index in [0.717, 1.165) is 6.07 Å². The fourth-order valence-electron chi connectivity index (χ4n) is 1.70. The van der Waals surface area contributed by atoms with Gasteiger partial charge in [0.15, 0.2) is 0 Å². The second-order valence-electron chi connectivity index (χ2n) is 6.00. The van der Waals surface area contributed by atoms with Gasteiger partial charge in [-0.1, -0.05) is 16.5 Å². The van der Waals surface area contributed by atoms with Gasteiger partial charge in [-0.2, -0.15) is 8.78 Å². The zero-order valence-corrected chi connectivity index (χ0v) is 15.0. The number of nitrogens with zero attached hydrogens (tertiary/aromatic N) is 1. The third-order valence-electron chi connectivity index (χ3n) is 3.00. The lowest BCUT2D eigenvalue weighted by Crippen LogP contribution is -2.30. The van der Waals surface area contributed by atoms with E-state index in [1.165, 1.54) is 26.0 Å².